The van der Waals surface area contributed by atoms with E-state index in [9.17, 15) is 9.59 Å². The molecule has 0 aliphatic heterocycles. The van der Waals surface area contributed by atoms with Gasteiger partial charge in [-0.2, -0.15) is 0 Å². The highest BCUT2D eigenvalue weighted by atomic mass is 35.5. The minimum Gasteiger partial charge on any atom is -0.300 e. The molecule has 0 fully saturated rings. The summed E-state index contributed by atoms with van der Waals surface area (Å²) in [6.45, 7) is 1.40. The fourth-order valence-corrected chi connectivity index (χ4v) is 1.09. The SMILES string of the molecule is CC(=O)CC(=O)c1ccc(Cl)cc1.[MgH2]. The highest BCUT2D eigenvalue weighted by Gasteiger charge is 2.07. The Bertz CT molecular complexity index is 332. The molecule has 0 saturated carbocycles. The summed E-state index contributed by atoms with van der Waals surface area (Å²) in [6.07, 6.45) is -0.0400. The van der Waals surface area contributed by atoms with Crippen molar-refractivity contribution in [3.05, 3.63) is 34.9 Å². The predicted octanol–water partition coefficient (Wildman–Crippen LogP) is 1.59. The third kappa shape index (κ3) is 4.22. The van der Waals surface area contributed by atoms with Gasteiger partial charge in [-0.05, 0) is 31.2 Å². The first-order valence-corrected chi connectivity index (χ1v) is 4.25. The average molecular weight is 223 g/mol. The molecular weight excluding hydrogens is 212 g/mol. The molecule has 0 bridgehead atoms. The summed E-state index contributed by atoms with van der Waals surface area (Å²) in [6, 6.07) is 6.51. The van der Waals surface area contributed by atoms with Crippen LogP contribution in [0.3, 0.4) is 0 Å². The monoisotopic (exact) mass is 222 g/mol. The Morgan fingerprint density at radius 3 is 2.14 bits per heavy atom. The van der Waals surface area contributed by atoms with E-state index < -0.39 is 0 Å². The van der Waals surface area contributed by atoms with E-state index in [4.69, 9.17) is 11.6 Å². The number of carbonyl (C=O) groups is 2. The Morgan fingerprint density at radius 1 is 1.21 bits per heavy atom. The molecule has 4 heteroatoms. The van der Waals surface area contributed by atoms with E-state index in [-0.39, 0.29) is 41.0 Å². The standard InChI is InChI=1S/C10H9ClO2.Mg.2H/c1-7(12)6-10(13)8-2-4-9(11)5-3-8;;;/h2-5H,6H2,1H3;;;. The van der Waals surface area contributed by atoms with Gasteiger partial charge in [-0.25, -0.2) is 0 Å². The molecule has 0 heterocycles. The van der Waals surface area contributed by atoms with Gasteiger partial charge >= 0.3 is 23.1 Å². The molecule has 0 radical (unpaired) electrons. The summed E-state index contributed by atoms with van der Waals surface area (Å²) in [7, 11) is 0. The van der Waals surface area contributed by atoms with Crippen molar-refractivity contribution in [1.82, 2.24) is 0 Å². The summed E-state index contributed by atoms with van der Waals surface area (Å²) in [5.41, 5.74) is 0.527. The zero-order valence-electron chi connectivity index (χ0n) is 7.21. The topological polar surface area (TPSA) is 34.1 Å². The number of hydrogen-bond donors (Lipinski definition) is 0. The highest BCUT2D eigenvalue weighted by Crippen LogP contribution is 2.11. The van der Waals surface area contributed by atoms with Crippen molar-refractivity contribution in [1.29, 1.82) is 0 Å². The van der Waals surface area contributed by atoms with E-state index in [2.05, 4.69) is 0 Å². The van der Waals surface area contributed by atoms with Crippen LogP contribution in [0.15, 0.2) is 24.3 Å². The highest BCUT2D eigenvalue weighted by molar-refractivity contribution is 6.30. The second kappa shape index (κ2) is 6.17. The van der Waals surface area contributed by atoms with Crippen LogP contribution in [0.4, 0.5) is 0 Å². The molecule has 0 aromatic heterocycles. The second-order valence-electron chi connectivity index (χ2n) is 2.81. The van der Waals surface area contributed by atoms with Crippen molar-refractivity contribution in [3.8, 4) is 0 Å². The van der Waals surface area contributed by atoms with Crippen molar-refractivity contribution in [2.45, 2.75) is 13.3 Å². The van der Waals surface area contributed by atoms with E-state index in [1.54, 1.807) is 24.3 Å². The summed E-state index contributed by atoms with van der Waals surface area (Å²) < 4.78 is 0. The molecule has 0 N–H and O–H groups in total. The van der Waals surface area contributed by atoms with Gasteiger partial charge in [0.15, 0.2) is 5.78 Å². The Balaban J connectivity index is 0.00000169. The van der Waals surface area contributed by atoms with Gasteiger partial charge in [0.05, 0.1) is 6.42 Å². The Morgan fingerprint density at radius 2 is 1.71 bits per heavy atom. The maximum Gasteiger partial charge on any atom is 0.316 e. The van der Waals surface area contributed by atoms with Gasteiger partial charge in [0.1, 0.15) is 5.78 Å². The molecule has 0 spiro atoms. The van der Waals surface area contributed by atoms with Crippen LogP contribution in [0.1, 0.15) is 23.7 Å². The van der Waals surface area contributed by atoms with Crippen LogP contribution >= 0.6 is 11.6 Å². The lowest BCUT2D eigenvalue weighted by Gasteiger charge is -1.97. The predicted molar refractivity (Wildman–Crippen MR) is 59.6 cm³/mol. The molecule has 2 nitrogen and oxygen atoms in total. The lowest BCUT2D eigenvalue weighted by molar-refractivity contribution is -0.116. The Labute approximate surface area is 104 Å². The smallest absolute Gasteiger partial charge is 0.300 e. The van der Waals surface area contributed by atoms with Gasteiger partial charge in [0.25, 0.3) is 0 Å². The first kappa shape index (κ1) is 13.6. The number of halogens is 1. The molecule has 0 aliphatic carbocycles. The molecular formula is C10H11ClMgO2. The molecule has 0 saturated heterocycles. The molecule has 1 aromatic carbocycles. The summed E-state index contributed by atoms with van der Waals surface area (Å²) in [5, 5.41) is 0.583. The quantitative estimate of drug-likeness (QED) is 0.442. The molecule has 14 heavy (non-hydrogen) atoms. The zero-order chi connectivity index (χ0) is 9.84. The van der Waals surface area contributed by atoms with Crippen LogP contribution in [0.5, 0.6) is 0 Å². The minimum atomic E-state index is -0.163. The van der Waals surface area contributed by atoms with E-state index >= 15 is 0 Å². The van der Waals surface area contributed by atoms with E-state index in [0.717, 1.165) is 0 Å². The molecule has 0 aliphatic rings. The summed E-state index contributed by atoms with van der Waals surface area (Å²) in [5.74, 6) is -0.288. The van der Waals surface area contributed by atoms with Crippen molar-refractivity contribution in [2.24, 2.45) is 0 Å². The van der Waals surface area contributed by atoms with Crippen LogP contribution in [-0.4, -0.2) is 34.6 Å². The van der Waals surface area contributed by atoms with Gasteiger partial charge in [-0.1, -0.05) is 11.6 Å². The van der Waals surface area contributed by atoms with Crippen LogP contribution in [0, 0.1) is 0 Å². The maximum atomic E-state index is 11.3. The molecule has 0 atom stereocenters. The summed E-state index contributed by atoms with van der Waals surface area (Å²) >= 11 is 5.64. The normalized spacial score (nSPS) is 9.00. The molecule has 0 amide bonds. The fraction of sp³-hybridized carbons (Fsp3) is 0.200. The maximum absolute atomic E-state index is 11.3. The van der Waals surface area contributed by atoms with Crippen molar-refractivity contribution in [2.75, 3.05) is 0 Å². The van der Waals surface area contributed by atoms with Crippen molar-refractivity contribution < 1.29 is 9.59 Å². The third-order valence-electron chi connectivity index (χ3n) is 1.58. The Kier molecular flexibility index (Phi) is 6.00. The van der Waals surface area contributed by atoms with Crippen LogP contribution in [-0.2, 0) is 4.79 Å². The van der Waals surface area contributed by atoms with Gasteiger partial charge in [-0.15, -0.1) is 0 Å². The Hall–Kier alpha value is -0.384. The van der Waals surface area contributed by atoms with Crippen LogP contribution < -0.4 is 0 Å². The number of Topliss-reactive ketones (excluding diaryl/α,β-unsaturated/α-hetero) is 2. The molecule has 72 valence electrons. The third-order valence-corrected chi connectivity index (χ3v) is 1.83. The number of carbonyl (C=O) groups excluding carboxylic acids is 2. The van der Waals surface area contributed by atoms with Crippen molar-refractivity contribution in [3.63, 3.8) is 0 Å². The lowest BCUT2D eigenvalue weighted by Crippen LogP contribution is -2.04. The first-order valence-electron chi connectivity index (χ1n) is 3.88. The van der Waals surface area contributed by atoms with Gasteiger partial charge in [0.2, 0.25) is 0 Å². The molecule has 1 rings (SSSR count). The van der Waals surface area contributed by atoms with Crippen LogP contribution in [0.2, 0.25) is 5.02 Å². The largest absolute Gasteiger partial charge is 0.316 e. The van der Waals surface area contributed by atoms with Gasteiger partial charge in [0, 0.05) is 10.6 Å². The fourth-order valence-electron chi connectivity index (χ4n) is 0.964. The van der Waals surface area contributed by atoms with Crippen molar-refractivity contribution >= 4 is 46.2 Å². The van der Waals surface area contributed by atoms with E-state index in [1.165, 1.54) is 6.92 Å². The number of benzene rings is 1. The van der Waals surface area contributed by atoms with Crippen LogP contribution in [0.25, 0.3) is 0 Å². The number of rotatable bonds is 3. The average Bonchev–Trinajstić information content (AvgIpc) is 2.04. The second-order valence-corrected chi connectivity index (χ2v) is 3.25. The summed E-state index contributed by atoms with van der Waals surface area (Å²) in [4.78, 5) is 22.0. The number of hydrogen-bond acceptors (Lipinski definition) is 2. The first-order chi connectivity index (χ1) is 6.09. The molecule has 1 aromatic rings. The lowest BCUT2D eigenvalue weighted by atomic mass is 10.1. The van der Waals surface area contributed by atoms with E-state index in [0.29, 0.717) is 10.6 Å². The van der Waals surface area contributed by atoms with Gasteiger partial charge < -0.3 is 0 Å². The zero-order valence-corrected chi connectivity index (χ0v) is 7.97. The molecule has 0 unspecified atom stereocenters. The van der Waals surface area contributed by atoms with Gasteiger partial charge in [-0.3, -0.25) is 9.59 Å². The van der Waals surface area contributed by atoms with E-state index in [1.807, 2.05) is 0 Å². The number of ketones is 2. The minimum absolute atomic E-state index is 0.